The molecule has 2 aromatic carbocycles. The molecule has 2 bridgehead atoms. The van der Waals surface area contributed by atoms with Crippen LogP contribution < -0.4 is 15.0 Å². The number of nitrogens with one attached hydrogen (secondary N) is 1. The molecular formula is C29H25FN6O. The quantitative estimate of drug-likeness (QED) is 0.379. The first-order chi connectivity index (χ1) is 18.2. The second kappa shape index (κ2) is 8.67. The zero-order chi connectivity index (χ0) is 24.9. The van der Waals surface area contributed by atoms with E-state index in [9.17, 15) is 4.39 Å². The van der Waals surface area contributed by atoms with Gasteiger partial charge in [-0.05, 0) is 54.4 Å². The predicted octanol–water partition coefficient (Wildman–Crippen LogP) is 4.82. The normalized spacial score (nSPS) is 18.6. The number of fused-ring (bicyclic) bond motifs is 3. The Balaban J connectivity index is 1.37. The number of nitrogens with zero attached hydrogens (tertiary/aromatic N) is 5. The van der Waals surface area contributed by atoms with Gasteiger partial charge in [0.05, 0.1) is 18.4 Å². The highest BCUT2D eigenvalue weighted by molar-refractivity contribution is 5.91. The molecule has 2 aliphatic heterocycles. The summed E-state index contributed by atoms with van der Waals surface area (Å²) >= 11 is 0. The van der Waals surface area contributed by atoms with Crippen molar-refractivity contribution in [3.05, 3.63) is 85.1 Å². The average molecular weight is 493 g/mol. The lowest BCUT2D eigenvalue weighted by atomic mass is 10.0. The maximum atomic E-state index is 14.3. The number of anilines is 1. The highest BCUT2D eigenvalue weighted by Crippen LogP contribution is 2.38. The summed E-state index contributed by atoms with van der Waals surface area (Å²) in [5, 5.41) is 8.58. The van der Waals surface area contributed by atoms with E-state index in [1.54, 1.807) is 30.7 Å². The molecule has 3 aromatic heterocycles. The molecule has 1 N–H and O–H groups in total. The smallest absolute Gasteiger partial charge is 0.165 e. The number of piperazine rings is 1. The van der Waals surface area contributed by atoms with E-state index in [2.05, 4.69) is 39.5 Å². The first kappa shape index (κ1) is 21.9. The number of hydrogen-bond acceptors (Lipinski definition) is 6. The zero-order valence-electron chi connectivity index (χ0n) is 20.3. The van der Waals surface area contributed by atoms with E-state index in [0.29, 0.717) is 17.7 Å². The summed E-state index contributed by atoms with van der Waals surface area (Å²) in [7, 11) is 1.46. The zero-order valence-corrected chi connectivity index (χ0v) is 20.3. The number of methoxy groups -OCH3 is 1. The van der Waals surface area contributed by atoms with Crippen LogP contribution in [0.3, 0.4) is 0 Å². The maximum Gasteiger partial charge on any atom is 0.165 e. The van der Waals surface area contributed by atoms with Gasteiger partial charge in [0.25, 0.3) is 0 Å². The fraction of sp³-hybridized carbons (Fsp3) is 0.207. The van der Waals surface area contributed by atoms with Crippen LogP contribution in [0.4, 0.5) is 10.1 Å². The van der Waals surface area contributed by atoms with E-state index < -0.39 is 5.82 Å². The molecule has 2 aliphatic rings. The van der Waals surface area contributed by atoms with Crippen molar-refractivity contribution >= 4 is 11.3 Å². The number of ether oxygens (including phenoxy) is 1. The molecule has 0 amide bonds. The standard InChI is InChI=1S/C29H25FN6O/c1-37-26-14-20(4-7-24(26)30)27-28(19-8-11-31-12-9-19)34-36-25(10-13-32-29(27)36)18-2-5-22(6-3-18)35-17-21-15-23(35)16-33-21/h2-14,21,23,33H,15-17H2,1H3/t21-,23-/m0/s1. The van der Waals surface area contributed by atoms with Crippen LogP contribution in [-0.2, 0) is 0 Å². The van der Waals surface area contributed by atoms with E-state index in [-0.39, 0.29) is 5.75 Å². The molecule has 7 nitrogen and oxygen atoms in total. The Morgan fingerprint density at radius 1 is 0.946 bits per heavy atom. The van der Waals surface area contributed by atoms with Crippen LogP contribution in [-0.4, -0.2) is 51.9 Å². The van der Waals surface area contributed by atoms with Gasteiger partial charge in [0.15, 0.2) is 17.2 Å². The summed E-state index contributed by atoms with van der Waals surface area (Å²) in [5.41, 5.74) is 7.14. The molecule has 2 atom stereocenters. The molecule has 2 fully saturated rings. The Hall–Kier alpha value is -4.30. The van der Waals surface area contributed by atoms with Crippen LogP contribution >= 0.6 is 0 Å². The Morgan fingerprint density at radius 2 is 1.76 bits per heavy atom. The fourth-order valence-corrected chi connectivity index (χ4v) is 5.66. The highest BCUT2D eigenvalue weighted by atomic mass is 19.1. The minimum Gasteiger partial charge on any atom is -0.494 e. The fourth-order valence-electron chi connectivity index (χ4n) is 5.66. The van der Waals surface area contributed by atoms with Crippen molar-refractivity contribution in [1.29, 1.82) is 0 Å². The molecule has 0 unspecified atom stereocenters. The lowest BCUT2D eigenvalue weighted by Gasteiger charge is -2.29. The molecule has 7 rings (SSSR count). The van der Waals surface area contributed by atoms with Crippen molar-refractivity contribution in [3.63, 3.8) is 0 Å². The lowest BCUT2D eigenvalue weighted by Crippen LogP contribution is -2.43. The third-order valence-corrected chi connectivity index (χ3v) is 7.46. The molecule has 2 saturated heterocycles. The first-order valence-electron chi connectivity index (χ1n) is 12.4. The van der Waals surface area contributed by atoms with Crippen molar-refractivity contribution in [3.8, 4) is 39.4 Å². The van der Waals surface area contributed by atoms with Gasteiger partial charge in [-0.15, -0.1) is 0 Å². The Bertz CT molecular complexity index is 1600. The summed E-state index contributed by atoms with van der Waals surface area (Å²) in [6, 6.07) is 20.5. The number of rotatable bonds is 5. The van der Waals surface area contributed by atoms with Crippen LogP contribution in [0.1, 0.15) is 6.42 Å². The third-order valence-electron chi connectivity index (χ3n) is 7.46. The van der Waals surface area contributed by atoms with Crippen LogP contribution in [0.5, 0.6) is 5.75 Å². The average Bonchev–Trinajstić information content (AvgIpc) is 3.69. The summed E-state index contributed by atoms with van der Waals surface area (Å²) in [6.45, 7) is 2.11. The van der Waals surface area contributed by atoms with Crippen LogP contribution in [0.2, 0.25) is 0 Å². The molecule has 0 radical (unpaired) electrons. The highest BCUT2D eigenvalue weighted by Gasteiger charge is 2.37. The lowest BCUT2D eigenvalue weighted by molar-refractivity contribution is 0.387. The predicted molar refractivity (Wildman–Crippen MR) is 141 cm³/mol. The molecule has 5 aromatic rings. The maximum absolute atomic E-state index is 14.3. The van der Waals surface area contributed by atoms with Crippen molar-refractivity contribution in [2.45, 2.75) is 18.5 Å². The van der Waals surface area contributed by atoms with E-state index in [1.165, 1.54) is 25.3 Å². The van der Waals surface area contributed by atoms with Gasteiger partial charge in [0, 0.05) is 60.6 Å². The molecule has 0 spiro atoms. The molecule has 184 valence electrons. The third kappa shape index (κ3) is 3.64. The minimum absolute atomic E-state index is 0.176. The number of pyridine rings is 1. The van der Waals surface area contributed by atoms with E-state index in [4.69, 9.17) is 14.8 Å². The van der Waals surface area contributed by atoms with Crippen LogP contribution in [0.15, 0.2) is 79.3 Å². The van der Waals surface area contributed by atoms with Gasteiger partial charge in [-0.25, -0.2) is 13.9 Å². The summed E-state index contributed by atoms with van der Waals surface area (Å²) in [5.74, 6) is -0.237. The van der Waals surface area contributed by atoms with Gasteiger partial charge in [-0.1, -0.05) is 18.2 Å². The minimum atomic E-state index is -0.413. The summed E-state index contributed by atoms with van der Waals surface area (Å²) < 4.78 is 21.4. The van der Waals surface area contributed by atoms with Crippen molar-refractivity contribution in [1.82, 2.24) is 24.9 Å². The van der Waals surface area contributed by atoms with Gasteiger partial charge >= 0.3 is 0 Å². The van der Waals surface area contributed by atoms with Gasteiger partial charge in [0.1, 0.15) is 5.69 Å². The largest absolute Gasteiger partial charge is 0.494 e. The molecule has 0 aliphatic carbocycles. The van der Waals surface area contributed by atoms with Crippen molar-refractivity contribution < 1.29 is 9.13 Å². The van der Waals surface area contributed by atoms with Gasteiger partial charge in [-0.2, -0.15) is 5.10 Å². The SMILES string of the molecule is COc1cc(-c2c(-c3ccncc3)nn3c(-c4ccc(N5C[C@@H]6C[C@H]5CN6)cc4)ccnc23)ccc1F. The second-order valence-electron chi connectivity index (χ2n) is 9.57. The molecule has 37 heavy (non-hydrogen) atoms. The van der Waals surface area contributed by atoms with Gasteiger partial charge < -0.3 is 15.0 Å². The Labute approximate surface area is 213 Å². The van der Waals surface area contributed by atoms with Crippen molar-refractivity contribution in [2.75, 3.05) is 25.1 Å². The number of benzene rings is 2. The van der Waals surface area contributed by atoms with E-state index in [1.807, 2.05) is 22.7 Å². The number of hydrogen-bond donors (Lipinski definition) is 1. The summed E-state index contributed by atoms with van der Waals surface area (Å²) in [6.07, 6.45) is 6.49. The number of aromatic nitrogens is 4. The van der Waals surface area contributed by atoms with Crippen LogP contribution in [0, 0.1) is 5.82 Å². The molecule has 5 heterocycles. The van der Waals surface area contributed by atoms with Crippen LogP contribution in [0.25, 0.3) is 39.3 Å². The van der Waals surface area contributed by atoms with Gasteiger partial charge in [-0.3, -0.25) is 4.98 Å². The molecule has 8 heteroatoms. The molecule has 0 saturated carbocycles. The molecular weight excluding hydrogens is 467 g/mol. The second-order valence-corrected chi connectivity index (χ2v) is 9.57. The summed E-state index contributed by atoms with van der Waals surface area (Å²) in [4.78, 5) is 11.4. The monoisotopic (exact) mass is 492 g/mol. The number of halogens is 1. The topological polar surface area (TPSA) is 67.6 Å². The van der Waals surface area contributed by atoms with Gasteiger partial charge in [0.2, 0.25) is 0 Å². The van der Waals surface area contributed by atoms with Crippen molar-refractivity contribution in [2.24, 2.45) is 0 Å². The first-order valence-corrected chi connectivity index (χ1v) is 12.4. The van der Waals surface area contributed by atoms with E-state index >= 15 is 0 Å². The Morgan fingerprint density at radius 3 is 2.49 bits per heavy atom. The Kier molecular flexibility index (Phi) is 5.14. The van der Waals surface area contributed by atoms with E-state index in [0.717, 1.165) is 46.7 Å².